The average Bonchev–Trinajstić information content (AvgIpc) is 3.41. The number of carbonyl (C=O) groups is 3. The van der Waals surface area contributed by atoms with Gasteiger partial charge in [0.1, 0.15) is 5.41 Å². The lowest BCUT2D eigenvalue weighted by Gasteiger charge is -2.32. The molecule has 0 radical (unpaired) electrons. The van der Waals surface area contributed by atoms with Crippen LogP contribution < -0.4 is 0 Å². The van der Waals surface area contributed by atoms with E-state index in [1.165, 1.54) is 4.68 Å². The summed E-state index contributed by atoms with van der Waals surface area (Å²) in [6.07, 6.45) is 11.7. The molecule has 8 nitrogen and oxygen atoms in total. The van der Waals surface area contributed by atoms with E-state index in [1.54, 1.807) is 6.07 Å². The highest BCUT2D eigenvalue weighted by Crippen LogP contribution is 2.45. The third kappa shape index (κ3) is 4.45. The SMILES string of the molecule is O=C([C@H]1CCc2c(C3(C(=O)O)CC=CCC3)nn(C(=O)c3c(Cl)cccc3C3CC3)c2C1)N1CCC2(CCCO2)C1. The quantitative estimate of drug-likeness (QED) is 0.499. The minimum Gasteiger partial charge on any atom is -0.481 e. The molecule has 9 heteroatoms. The Morgan fingerprint density at radius 2 is 1.95 bits per heavy atom. The summed E-state index contributed by atoms with van der Waals surface area (Å²) < 4.78 is 7.46. The highest BCUT2D eigenvalue weighted by atomic mass is 35.5. The third-order valence-electron chi connectivity index (χ3n) is 10.1. The van der Waals surface area contributed by atoms with E-state index in [9.17, 15) is 19.5 Å². The van der Waals surface area contributed by atoms with Gasteiger partial charge in [-0.25, -0.2) is 4.68 Å². The molecule has 2 unspecified atom stereocenters. The van der Waals surface area contributed by atoms with Crippen LogP contribution in [0.2, 0.25) is 5.02 Å². The Morgan fingerprint density at radius 3 is 2.66 bits per heavy atom. The van der Waals surface area contributed by atoms with Crippen LogP contribution in [0.1, 0.15) is 96.6 Å². The first-order valence-electron chi connectivity index (χ1n) is 15.1. The molecular formula is C32H36ClN3O5. The van der Waals surface area contributed by atoms with Gasteiger partial charge >= 0.3 is 5.97 Å². The van der Waals surface area contributed by atoms with E-state index in [-0.39, 0.29) is 23.3 Å². The number of carboxylic acid groups (broad SMARTS) is 1. The van der Waals surface area contributed by atoms with Crippen LogP contribution in [0, 0.1) is 5.92 Å². The first-order valence-corrected chi connectivity index (χ1v) is 15.5. The Hall–Kier alpha value is -2.97. The largest absolute Gasteiger partial charge is 0.481 e. The predicted molar refractivity (Wildman–Crippen MR) is 152 cm³/mol. The van der Waals surface area contributed by atoms with Crippen molar-refractivity contribution in [1.29, 1.82) is 0 Å². The van der Waals surface area contributed by atoms with E-state index < -0.39 is 11.4 Å². The maximum atomic E-state index is 14.3. The van der Waals surface area contributed by atoms with Crippen LogP contribution in [-0.4, -0.2) is 62.9 Å². The number of hydrogen-bond acceptors (Lipinski definition) is 5. The molecule has 5 aliphatic rings. The van der Waals surface area contributed by atoms with Crippen molar-refractivity contribution in [3.8, 4) is 0 Å². The molecule has 7 rings (SSSR count). The zero-order chi connectivity index (χ0) is 28.4. The number of fused-ring (bicyclic) bond motifs is 1. The summed E-state index contributed by atoms with van der Waals surface area (Å²) in [7, 11) is 0. The third-order valence-corrected chi connectivity index (χ3v) is 10.5. The lowest BCUT2D eigenvalue weighted by molar-refractivity contribution is -0.144. The Morgan fingerprint density at radius 1 is 1.10 bits per heavy atom. The fourth-order valence-electron chi connectivity index (χ4n) is 7.69. The summed E-state index contributed by atoms with van der Waals surface area (Å²) >= 11 is 6.65. The number of benzene rings is 1. The van der Waals surface area contributed by atoms with Crippen molar-refractivity contribution >= 4 is 29.4 Å². The van der Waals surface area contributed by atoms with E-state index in [2.05, 4.69) is 0 Å². The van der Waals surface area contributed by atoms with Crippen molar-refractivity contribution in [3.05, 3.63) is 63.5 Å². The molecule has 2 aliphatic heterocycles. The van der Waals surface area contributed by atoms with Gasteiger partial charge in [0, 0.05) is 32.0 Å². The second-order valence-electron chi connectivity index (χ2n) is 12.7. The minimum atomic E-state index is -1.19. The van der Waals surface area contributed by atoms with Gasteiger partial charge < -0.3 is 14.7 Å². The van der Waals surface area contributed by atoms with Gasteiger partial charge in [-0.05, 0) is 87.3 Å². The molecule has 3 heterocycles. The van der Waals surface area contributed by atoms with Gasteiger partial charge in [-0.2, -0.15) is 5.10 Å². The number of likely N-dealkylation sites (tertiary alicyclic amines) is 1. The molecule has 216 valence electrons. The van der Waals surface area contributed by atoms with E-state index in [0.717, 1.165) is 49.8 Å². The molecular weight excluding hydrogens is 542 g/mol. The van der Waals surface area contributed by atoms with E-state index >= 15 is 0 Å². The number of halogens is 1. The maximum absolute atomic E-state index is 14.3. The highest BCUT2D eigenvalue weighted by molar-refractivity contribution is 6.34. The van der Waals surface area contributed by atoms with Crippen molar-refractivity contribution in [2.24, 2.45) is 5.92 Å². The molecule has 1 amide bonds. The zero-order valence-electron chi connectivity index (χ0n) is 23.2. The normalized spacial score (nSPS) is 29.2. The molecule has 1 N–H and O–H groups in total. The number of aromatic nitrogens is 2. The van der Waals surface area contributed by atoms with Crippen LogP contribution in [-0.2, 0) is 32.6 Å². The van der Waals surface area contributed by atoms with Crippen molar-refractivity contribution in [2.75, 3.05) is 19.7 Å². The maximum Gasteiger partial charge on any atom is 0.316 e. The lowest BCUT2D eigenvalue weighted by atomic mass is 9.71. The summed E-state index contributed by atoms with van der Waals surface area (Å²) in [4.78, 5) is 42.9. The number of allylic oxidation sites excluding steroid dienone is 2. The predicted octanol–water partition coefficient (Wildman–Crippen LogP) is 5.05. The molecule has 41 heavy (non-hydrogen) atoms. The number of carboxylic acids is 1. The molecule has 3 aliphatic carbocycles. The smallest absolute Gasteiger partial charge is 0.316 e. The van der Waals surface area contributed by atoms with Crippen molar-refractivity contribution < 1.29 is 24.2 Å². The van der Waals surface area contributed by atoms with Crippen LogP contribution in [0.4, 0.5) is 0 Å². The Kier molecular flexibility index (Phi) is 6.62. The summed E-state index contributed by atoms with van der Waals surface area (Å²) in [5.41, 5.74) is 1.92. The van der Waals surface area contributed by atoms with Gasteiger partial charge in [-0.15, -0.1) is 0 Å². The molecule has 1 aromatic carbocycles. The number of hydrogen-bond donors (Lipinski definition) is 1. The molecule has 1 saturated carbocycles. The van der Waals surface area contributed by atoms with E-state index in [1.807, 2.05) is 29.2 Å². The molecule has 0 bridgehead atoms. The van der Waals surface area contributed by atoms with Crippen LogP contribution in [0.25, 0.3) is 0 Å². The summed E-state index contributed by atoms with van der Waals surface area (Å²) in [5.74, 6) is -1.16. The van der Waals surface area contributed by atoms with Crippen molar-refractivity contribution in [1.82, 2.24) is 14.7 Å². The van der Waals surface area contributed by atoms with Crippen LogP contribution >= 0.6 is 11.6 Å². The summed E-state index contributed by atoms with van der Waals surface area (Å²) in [5, 5.41) is 15.7. The topological polar surface area (TPSA) is 102 Å². The highest BCUT2D eigenvalue weighted by Gasteiger charge is 2.48. The minimum absolute atomic E-state index is 0.0923. The van der Waals surface area contributed by atoms with Crippen molar-refractivity contribution in [2.45, 2.75) is 87.6 Å². The Bertz CT molecular complexity index is 1450. The number of nitrogens with zero attached hydrogens (tertiary/aromatic N) is 3. The van der Waals surface area contributed by atoms with E-state index in [4.69, 9.17) is 21.4 Å². The van der Waals surface area contributed by atoms with Crippen LogP contribution in [0.3, 0.4) is 0 Å². The van der Waals surface area contributed by atoms with Gasteiger partial charge in [0.25, 0.3) is 5.91 Å². The molecule has 2 aromatic rings. The monoisotopic (exact) mass is 577 g/mol. The second-order valence-corrected chi connectivity index (χ2v) is 13.1. The summed E-state index contributed by atoms with van der Waals surface area (Å²) in [6.45, 7) is 2.06. The van der Waals surface area contributed by atoms with Crippen LogP contribution in [0.5, 0.6) is 0 Å². The zero-order valence-corrected chi connectivity index (χ0v) is 24.0. The van der Waals surface area contributed by atoms with Gasteiger partial charge in [-0.3, -0.25) is 14.4 Å². The van der Waals surface area contributed by atoms with Gasteiger partial charge in [0.05, 0.1) is 27.6 Å². The summed E-state index contributed by atoms with van der Waals surface area (Å²) in [6, 6.07) is 5.55. The fraction of sp³-hybridized carbons (Fsp3) is 0.562. The molecule has 1 spiro atoms. The number of amides is 1. The van der Waals surface area contributed by atoms with Crippen molar-refractivity contribution in [3.63, 3.8) is 0 Å². The van der Waals surface area contributed by atoms with E-state index in [0.29, 0.717) is 79.5 Å². The standard InChI is InChI=1S/C32H36ClN3O5/c33-24-7-4-6-22(20-8-9-20)26(24)29(38)36-25-18-21(28(37)35-16-15-31(19-35)12-5-17-41-31)10-11-23(25)27(34-36)32(30(39)40)13-2-1-3-14-32/h1-2,4,6-7,20-21H,3,5,8-19H2,(H,39,40)/t21-,31?,32?/m0/s1. The molecule has 1 aromatic heterocycles. The first kappa shape index (κ1) is 26.9. The Labute approximate surface area is 244 Å². The molecule has 3 atom stereocenters. The number of ether oxygens (including phenoxy) is 1. The van der Waals surface area contributed by atoms with Gasteiger partial charge in [0.2, 0.25) is 5.91 Å². The first-order chi connectivity index (χ1) is 19.8. The van der Waals surface area contributed by atoms with Gasteiger partial charge in [-0.1, -0.05) is 35.9 Å². The molecule has 3 fully saturated rings. The lowest BCUT2D eigenvalue weighted by Crippen LogP contribution is -2.41. The molecule has 2 saturated heterocycles. The number of carbonyl (C=O) groups excluding carboxylic acids is 2. The van der Waals surface area contributed by atoms with Gasteiger partial charge in [0.15, 0.2) is 0 Å². The Balaban J connectivity index is 1.28. The second kappa shape index (κ2) is 10.1. The van der Waals surface area contributed by atoms with Crippen LogP contribution in [0.15, 0.2) is 30.4 Å². The number of rotatable bonds is 5. The number of aliphatic carboxylic acids is 1. The average molecular weight is 578 g/mol. The fourth-order valence-corrected chi connectivity index (χ4v) is 7.96.